The number of hydrogen-bond donors (Lipinski definition) is 1. The molecular weight excluding hydrogens is 380 g/mol. The molecule has 0 unspecified atom stereocenters. The lowest BCUT2D eigenvalue weighted by Crippen LogP contribution is -2.51. The number of fused-ring (bicyclic) bond motifs is 5. The molecule has 4 aliphatic rings. The Morgan fingerprint density at radius 1 is 1.00 bits per heavy atom. The highest BCUT2D eigenvalue weighted by molar-refractivity contribution is 6.31. The van der Waals surface area contributed by atoms with Gasteiger partial charge in [-0.25, -0.2) is 0 Å². The number of carbonyl (C=O) groups excluding carboxylic acids is 1. The highest BCUT2D eigenvalue weighted by atomic mass is 35.5. The molecule has 0 bridgehead atoms. The smallest absolute Gasteiger partial charge is 0.166 e. The molecular formula is C26H35ClO2. The van der Waals surface area contributed by atoms with Crippen LogP contribution in [-0.2, 0) is 0 Å². The van der Waals surface area contributed by atoms with E-state index in [2.05, 4.69) is 6.92 Å². The summed E-state index contributed by atoms with van der Waals surface area (Å²) in [5, 5.41) is 11.2. The fourth-order valence-corrected chi connectivity index (χ4v) is 8.55. The summed E-state index contributed by atoms with van der Waals surface area (Å²) in [6.07, 6.45) is 10.5. The molecule has 0 aromatic heterocycles. The van der Waals surface area contributed by atoms with Crippen molar-refractivity contribution in [3.8, 4) is 0 Å². The molecule has 0 saturated heterocycles. The molecule has 4 saturated carbocycles. The van der Waals surface area contributed by atoms with Crippen LogP contribution in [0.4, 0.5) is 0 Å². The van der Waals surface area contributed by atoms with Gasteiger partial charge in [-0.15, -0.1) is 0 Å². The van der Waals surface area contributed by atoms with Gasteiger partial charge >= 0.3 is 0 Å². The van der Waals surface area contributed by atoms with Crippen molar-refractivity contribution < 1.29 is 9.90 Å². The molecule has 2 nitrogen and oxygen atoms in total. The molecule has 0 aliphatic heterocycles. The Kier molecular flexibility index (Phi) is 4.91. The molecule has 1 aromatic rings. The zero-order chi connectivity index (χ0) is 20.4. The number of halogens is 1. The summed E-state index contributed by atoms with van der Waals surface area (Å²) in [5.74, 6) is 4.29. The lowest BCUT2D eigenvalue weighted by molar-refractivity contribution is -0.0976. The number of benzene rings is 1. The van der Waals surface area contributed by atoms with Crippen LogP contribution in [0, 0.1) is 40.9 Å². The van der Waals surface area contributed by atoms with Crippen molar-refractivity contribution >= 4 is 17.4 Å². The van der Waals surface area contributed by atoms with Crippen LogP contribution in [0.2, 0.25) is 5.02 Å². The zero-order valence-electron chi connectivity index (χ0n) is 17.9. The standard InChI is InChI=1S/C26H35ClO2/c1-25(29)12-10-19-17(15-25)6-7-21-20(19)11-13-26(2)22(21)8-9-23(26)24(28)16-4-3-5-18(27)14-16/h3-5,14,17,19-23,29H,6-13,15H2,1-2H3/t17-,19+,20-,21-,22+,23-,25-,26+/m1/s1. The first kappa shape index (κ1) is 20.1. The number of Topliss-reactive ketones (excluding diaryl/α,β-unsaturated/α-hetero) is 1. The summed E-state index contributed by atoms with van der Waals surface area (Å²) >= 11 is 6.17. The average Bonchev–Trinajstić information content (AvgIpc) is 3.03. The Morgan fingerprint density at radius 3 is 2.59 bits per heavy atom. The van der Waals surface area contributed by atoms with E-state index in [0.29, 0.717) is 16.7 Å². The minimum atomic E-state index is -0.445. The number of ketones is 1. The highest BCUT2D eigenvalue weighted by Crippen LogP contribution is 2.64. The fourth-order valence-electron chi connectivity index (χ4n) is 8.36. The molecule has 158 valence electrons. The predicted octanol–water partition coefficient (Wildman–Crippen LogP) is 6.54. The summed E-state index contributed by atoms with van der Waals surface area (Å²) in [6.45, 7) is 4.46. The van der Waals surface area contributed by atoms with Gasteiger partial charge in [0, 0.05) is 16.5 Å². The van der Waals surface area contributed by atoms with E-state index in [4.69, 9.17) is 11.6 Å². The third-order valence-electron chi connectivity index (χ3n) is 9.66. The largest absolute Gasteiger partial charge is 0.390 e. The van der Waals surface area contributed by atoms with Crippen molar-refractivity contribution in [3.63, 3.8) is 0 Å². The van der Waals surface area contributed by atoms with Crippen LogP contribution in [0.15, 0.2) is 24.3 Å². The molecule has 0 radical (unpaired) electrons. The van der Waals surface area contributed by atoms with Gasteiger partial charge in [0.1, 0.15) is 0 Å². The molecule has 0 amide bonds. The van der Waals surface area contributed by atoms with Gasteiger partial charge in [0.2, 0.25) is 0 Å². The van der Waals surface area contributed by atoms with E-state index >= 15 is 0 Å². The Bertz CT molecular complexity index is 802. The topological polar surface area (TPSA) is 37.3 Å². The first-order valence-corrected chi connectivity index (χ1v) is 12.2. The van der Waals surface area contributed by atoms with Gasteiger partial charge in [0.15, 0.2) is 5.78 Å². The normalized spacial score (nSPS) is 46.5. The van der Waals surface area contributed by atoms with Crippen molar-refractivity contribution in [1.82, 2.24) is 0 Å². The van der Waals surface area contributed by atoms with Crippen molar-refractivity contribution in [2.45, 2.75) is 77.2 Å². The van der Waals surface area contributed by atoms with Crippen LogP contribution in [-0.4, -0.2) is 16.5 Å². The number of aliphatic hydroxyl groups is 1. The lowest BCUT2D eigenvalue weighted by atomic mass is 9.49. The Labute approximate surface area is 180 Å². The van der Waals surface area contributed by atoms with Crippen LogP contribution in [0.5, 0.6) is 0 Å². The summed E-state index contributed by atoms with van der Waals surface area (Å²) < 4.78 is 0. The third kappa shape index (κ3) is 3.30. The van der Waals surface area contributed by atoms with Crippen LogP contribution in [0.1, 0.15) is 82.0 Å². The molecule has 5 rings (SSSR count). The van der Waals surface area contributed by atoms with Gasteiger partial charge in [-0.05, 0) is 112 Å². The van der Waals surface area contributed by atoms with Gasteiger partial charge < -0.3 is 5.11 Å². The van der Waals surface area contributed by atoms with Crippen LogP contribution in [0.3, 0.4) is 0 Å². The first-order valence-electron chi connectivity index (χ1n) is 11.8. The van der Waals surface area contributed by atoms with E-state index in [1.54, 1.807) is 0 Å². The van der Waals surface area contributed by atoms with E-state index in [9.17, 15) is 9.90 Å². The zero-order valence-corrected chi connectivity index (χ0v) is 18.6. The van der Waals surface area contributed by atoms with E-state index < -0.39 is 5.60 Å². The second-order valence-electron chi connectivity index (χ2n) is 11.2. The molecule has 4 fully saturated rings. The SMILES string of the molecule is C[C@@]1(O)CC[C@H]2[C@H](CC[C@@H]3[C@@H]2CC[C@]2(C)[C@@H](C(=O)c4cccc(Cl)c4)CC[C@@H]32)C1. The molecule has 1 N–H and O–H groups in total. The highest BCUT2D eigenvalue weighted by Gasteiger charge is 2.58. The molecule has 3 heteroatoms. The van der Waals surface area contributed by atoms with Gasteiger partial charge in [0.25, 0.3) is 0 Å². The lowest BCUT2D eigenvalue weighted by Gasteiger charge is -2.56. The van der Waals surface area contributed by atoms with E-state index in [1.807, 2.05) is 31.2 Å². The number of hydrogen-bond acceptors (Lipinski definition) is 2. The number of rotatable bonds is 2. The number of carbonyl (C=O) groups is 1. The van der Waals surface area contributed by atoms with Gasteiger partial charge in [-0.2, -0.15) is 0 Å². The Morgan fingerprint density at radius 2 is 1.79 bits per heavy atom. The summed E-state index contributed by atoms with van der Waals surface area (Å²) in [4.78, 5) is 13.4. The molecule has 0 heterocycles. The maximum atomic E-state index is 13.4. The molecule has 0 spiro atoms. The predicted molar refractivity (Wildman–Crippen MR) is 117 cm³/mol. The van der Waals surface area contributed by atoms with Gasteiger partial charge in [0.05, 0.1) is 5.60 Å². The van der Waals surface area contributed by atoms with Gasteiger partial charge in [-0.1, -0.05) is 30.7 Å². The summed E-state index contributed by atoms with van der Waals surface area (Å²) in [6, 6.07) is 7.55. The van der Waals surface area contributed by atoms with Crippen LogP contribution >= 0.6 is 11.6 Å². The van der Waals surface area contributed by atoms with Crippen LogP contribution < -0.4 is 0 Å². The minimum absolute atomic E-state index is 0.146. The van der Waals surface area contributed by atoms with E-state index in [0.717, 1.165) is 48.5 Å². The second kappa shape index (κ2) is 7.09. The first-order chi connectivity index (χ1) is 13.8. The van der Waals surface area contributed by atoms with Crippen molar-refractivity contribution in [2.24, 2.45) is 40.9 Å². The van der Waals surface area contributed by atoms with Crippen molar-refractivity contribution in [2.75, 3.05) is 0 Å². The van der Waals surface area contributed by atoms with Crippen molar-refractivity contribution in [3.05, 3.63) is 34.9 Å². The van der Waals surface area contributed by atoms with Gasteiger partial charge in [-0.3, -0.25) is 4.79 Å². The molecule has 29 heavy (non-hydrogen) atoms. The van der Waals surface area contributed by atoms with E-state index in [-0.39, 0.29) is 11.3 Å². The summed E-state index contributed by atoms with van der Waals surface area (Å²) in [7, 11) is 0. The van der Waals surface area contributed by atoms with E-state index in [1.165, 1.54) is 38.5 Å². The quantitative estimate of drug-likeness (QED) is 0.557. The maximum Gasteiger partial charge on any atom is 0.166 e. The van der Waals surface area contributed by atoms with Crippen molar-refractivity contribution in [1.29, 1.82) is 0 Å². The molecule has 4 aliphatic carbocycles. The third-order valence-corrected chi connectivity index (χ3v) is 9.90. The minimum Gasteiger partial charge on any atom is -0.390 e. The molecule has 8 atom stereocenters. The Hall–Kier alpha value is -0.860. The Balaban J connectivity index is 1.37. The fraction of sp³-hybridized carbons (Fsp3) is 0.731. The van der Waals surface area contributed by atoms with Crippen LogP contribution in [0.25, 0.3) is 0 Å². The second-order valence-corrected chi connectivity index (χ2v) is 11.7. The average molecular weight is 415 g/mol. The molecule has 1 aromatic carbocycles. The summed E-state index contributed by atoms with van der Waals surface area (Å²) in [5.41, 5.74) is 0.497. The maximum absolute atomic E-state index is 13.4. The monoisotopic (exact) mass is 414 g/mol.